The van der Waals surface area contributed by atoms with Gasteiger partial charge in [-0.25, -0.2) is 4.39 Å². The summed E-state index contributed by atoms with van der Waals surface area (Å²) in [6.45, 7) is 5.85. The molecule has 5 atom stereocenters. The number of nitrogens with one attached hydrogen (secondary N) is 6. The second-order valence-electron chi connectivity index (χ2n) is 14.1. The lowest BCUT2D eigenvalue weighted by Gasteiger charge is -2.28. The zero-order valence-corrected chi connectivity index (χ0v) is 35.6. The molecule has 0 spiro atoms. The number of benzene rings is 1. The molecule has 0 bridgehead atoms. The van der Waals surface area contributed by atoms with Crippen LogP contribution in [0.1, 0.15) is 63.2 Å². The van der Waals surface area contributed by atoms with Crippen molar-refractivity contribution < 1.29 is 91.7 Å². The maximum Gasteiger partial charge on any atom is 0.305 e. The van der Waals surface area contributed by atoms with E-state index in [4.69, 9.17) is 24.1 Å². The van der Waals surface area contributed by atoms with Gasteiger partial charge in [0.25, 0.3) is 5.91 Å². The van der Waals surface area contributed by atoms with Crippen LogP contribution in [0.2, 0.25) is 0 Å². The Morgan fingerprint density at radius 3 is 1.47 bits per heavy atom. The highest BCUT2D eigenvalue weighted by Crippen LogP contribution is 2.09. The van der Waals surface area contributed by atoms with E-state index >= 15 is 0 Å². The molecule has 0 aromatic heterocycles. The van der Waals surface area contributed by atoms with Crippen molar-refractivity contribution in [2.24, 2.45) is 5.92 Å². The number of aliphatic carboxylic acids is 4. The number of carboxylic acid groups (broad SMARTS) is 4. The fourth-order valence-electron chi connectivity index (χ4n) is 5.17. The van der Waals surface area contributed by atoms with Crippen LogP contribution in [-0.4, -0.2) is 169 Å². The average molecular weight is 917 g/mol. The molecular formula is C39H57FN6O18. The summed E-state index contributed by atoms with van der Waals surface area (Å²) < 4.78 is 34.4. The Morgan fingerprint density at radius 2 is 0.969 bits per heavy atom. The highest BCUT2D eigenvalue weighted by Gasteiger charge is 2.34. The Hall–Kier alpha value is -6.31. The number of carbonyl (C=O) groups excluding carboxylic acids is 6. The van der Waals surface area contributed by atoms with Gasteiger partial charge in [-0.05, 0) is 43.5 Å². The molecule has 0 saturated heterocycles. The smallest absolute Gasteiger partial charge is 0.305 e. The molecule has 1 rings (SSSR count). The lowest BCUT2D eigenvalue weighted by molar-refractivity contribution is -0.142. The fraction of sp³-hybridized carbons (Fsp3) is 0.590. The summed E-state index contributed by atoms with van der Waals surface area (Å²) in [5, 5.41) is 50.4. The van der Waals surface area contributed by atoms with Gasteiger partial charge in [-0.3, -0.25) is 47.9 Å². The van der Waals surface area contributed by atoms with Crippen LogP contribution in [0.4, 0.5) is 4.39 Å². The molecule has 0 saturated carbocycles. The van der Waals surface area contributed by atoms with E-state index in [-0.39, 0.29) is 71.4 Å². The van der Waals surface area contributed by atoms with E-state index in [1.54, 1.807) is 0 Å². The van der Waals surface area contributed by atoms with Gasteiger partial charge in [0.1, 0.15) is 36.0 Å². The van der Waals surface area contributed by atoms with E-state index in [2.05, 4.69) is 31.9 Å². The summed E-state index contributed by atoms with van der Waals surface area (Å²) in [5.41, 5.74) is -0.138. The van der Waals surface area contributed by atoms with Gasteiger partial charge in [-0.2, -0.15) is 0 Å². The van der Waals surface area contributed by atoms with Crippen molar-refractivity contribution in [3.05, 3.63) is 35.6 Å². The standard InChI is InChI=1S/C39H57FN6O18/c1-22(2)33(46-36(57)26(8-9-29(47)48)43-38(59)28(21-32(53)54)44-35(56)24-4-6-25(40)7-5-24)39(60)45-27(20-31(51)52)37(58)42-23(3)34(55)41-11-13-62-15-17-64-19-18-63-16-14-61-12-10-30(49)50/h4-7,22-23,26-28,33H,8-21H2,1-3H3,(H,41,55)(H,42,58)(H,43,59)(H,44,56)(H,45,60)(H,46,57)(H,47,48)(H,49,50)(H,51,52)(H,53,54)/t23-,26-,27-,28-,33-/m0/s1. The van der Waals surface area contributed by atoms with Gasteiger partial charge in [0.15, 0.2) is 0 Å². The van der Waals surface area contributed by atoms with Crippen LogP contribution in [0.5, 0.6) is 0 Å². The SMILES string of the molecule is CC(C)[C@H](NC(=O)[C@H](CCC(=O)O)NC(=O)[C@H](CC(=O)O)NC(=O)c1ccc(F)cc1)C(=O)N[C@@H](CC(=O)O)C(=O)N[C@@H](C)C(=O)NCCOCCOCCOCCOCCC(=O)O. The van der Waals surface area contributed by atoms with Gasteiger partial charge in [-0.1, -0.05) is 13.8 Å². The Kier molecular flexibility index (Phi) is 26.7. The van der Waals surface area contributed by atoms with Gasteiger partial charge in [-0.15, -0.1) is 0 Å². The monoisotopic (exact) mass is 916 g/mol. The number of hydrogen-bond donors (Lipinski definition) is 10. The van der Waals surface area contributed by atoms with Crippen molar-refractivity contribution in [1.82, 2.24) is 31.9 Å². The quantitative estimate of drug-likeness (QED) is 0.0335. The van der Waals surface area contributed by atoms with Crippen molar-refractivity contribution in [3.8, 4) is 0 Å². The summed E-state index contributed by atoms with van der Waals surface area (Å²) in [6.07, 6.45) is -3.32. The third kappa shape index (κ3) is 24.4. The van der Waals surface area contributed by atoms with Crippen molar-refractivity contribution in [2.75, 3.05) is 59.4 Å². The van der Waals surface area contributed by atoms with Crippen molar-refractivity contribution in [1.29, 1.82) is 0 Å². The molecule has 0 unspecified atom stereocenters. The third-order valence-electron chi connectivity index (χ3n) is 8.52. The molecule has 0 fully saturated rings. The van der Waals surface area contributed by atoms with Gasteiger partial charge in [0, 0.05) is 18.5 Å². The molecule has 24 nitrogen and oxygen atoms in total. The molecule has 6 amide bonds. The Labute approximate surface area is 366 Å². The molecule has 0 aliphatic carbocycles. The van der Waals surface area contributed by atoms with E-state index in [0.29, 0.717) is 0 Å². The van der Waals surface area contributed by atoms with Crippen molar-refractivity contribution >= 4 is 59.3 Å². The van der Waals surface area contributed by atoms with E-state index in [1.807, 2.05) is 0 Å². The molecule has 0 radical (unpaired) electrons. The molecule has 25 heteroatoms. The maximum atomic E-state index is 13.5. The second-order valence-corrected chi connectivity index (χ2v) is 14.1. The number of rotatable bonds is 34. The van der Waals surface area contributed by atoms with Gasteiger partial charge in [0.05, 0.1) is 72.1 Å². The normalized spacial score (nSPS) is 13.3. The summed E-state index contributed by atoms with van der Waals surface area (Å²) in [7, 11) is 0. The Morgan fingerprint density at radius 1 is 0.516 bits per heavy atom. The third-order valence-corrected chi connectivity index (χ3v) is 8.52. The van der Waals surface area contributed by atoms with Crippen LogP contribution in [-0.2, 0) is 62.1 Å². The Balaban J connectivity index is 2.80. The number of ether oxygens (including phenoxy) is 4. The molecule has 1 aromatic rings. The van der Waals surface area contributed by atoms with E-state index in [9.17, 15) is 67.7 Å². The molecule has 64 heavy (non-hydrogen) atoms. The highest BCUT2D eigenvalue weighted by atomic mass is 19.1. The molecule has 358 valence electrons. The first-order valence-electron chi connectivity index (χ1n) is 20.0. The largest absolute Gasteiger partial charge is 0.481 e. The van der Waals surface area contributed by atoms with Crippen molar-refractivity contribution in [3.63, 3.8) is 0 Å². The predicted octanol–water partition coefficient (Wildman–Crippen LogP) is -1.99. The zero-order valence-electron chi connectivity index (χ0n) is 35.6. The molecule has 0 aliphatic rings. The molecule has 10 N–H and O–H groups in total. The summed E-state index contributed by atoms with van der Waals surface area (Å²) in [5.74, 6) is -13.0. The van der Waals surface area contributed by atoms with Crippen LogP contribution >= 0.6 is 0 Å². The van der Waals surface area contributed by atoms with Crippen LogP contribution < -0.4 is 31.9 Å². The van der Waals surface area contributed by atoms with Gasteiger partial charge < -0.3 is 71.3 Å². The second kappa shape index (κ2) is 30.7. The molecule has 0 heterocycles. The number of hydrogen-bond acceptors (Lipinski definition) is 14. The molecule has 0 aliphatic heterocycles. The number of amides is 6. The minimum Gasteiger partial charge on any atom is -0.481 e. The molecular weight excluding hydrogens is 859 g/mol. The minimum absolute atomic E-state index is 0.0217. The lowest BCUT2D eigenvalue weighted by Crippen LogP contribution is -2.60. The van der Waals surface area contributed by atoms with Crippen molar-refractivity contribution in [2.45, 2.75) is 83.1 Å². The van der Waals surface area contributed by atoms with Crippen LogP contribution in [0.15, 0.2) is 24.3 Å². The topological polar surface area (TPSA) is 361 Å². The van der Waals surface area contributed by atoms with E-state index in [1.165, 1.54) is 20.8 Å². The Bertz CT molecular complexity index is 1730. The van der Waals surface area contributed by atoms with E-state index < -0.39 is 127 Å². The maximum absolute atomic E-state index is 13.5. The highest BCUT2D eigenvalue weighted by molar-refractivity contribution is 6.00. The summed E-state index contributed by atoms with van der Waals surface area (Å²) in [4.78, 5) is 124. The summed E-state index contributed by atoms with van der Waals surface area (Å²) >= 11 is 0. The molecule has 1 aromatic carbocycles. The summed E-state index contributed by atoms with van der Waals surface area (Å²) in [6, 6.07) is -4.03. The van der Waals surface area contributed by atoms with Gasteiger partial charge in [0.2, 0.25) is 29.5 Å². The van der Waals surface area contributed by atoms with Crippen LogP contribution in [0.3, 0.4) is 0 Å². The minimum atomic E-state index is -1.81. The number of carbonyl (C=O) groups is 10. The fourth-order valence-corrected chi connectivity index (χ4v) is 5.17. The predicted molar refractivity (Wildman–Crippen MR) is 216 cm³/mol. The van der Waals surface area contributed by atoms with Gasteiger partial charge >= 0.3 is 23.9 Å². The van der Waals surface area contributed by atoms with Crippen LogP contribution in [0.25, 0.3) is 0 Å². The zero-order chi connectivity index (χ0) is 48.2. The first kappa shape index (κ1) is 55.7. The van der Waals surface area contributed by atoms with Crippen LogP contribution in [0, 0.1) is 11.7 Å². The number of carboxylic acids is 4. The first-order chi connectivity index (χ1) is 30.2. The number of halogens is 1. The first-order valence-corrected chi connectivity index (χ1v) is 20.0. The lowest BCUT2D eigenvalue weighted by atomic mass is 10.0. The average Bonchev–Trinajstić information content (AvgIpc) is 3.21. The van der Waals surface area contributed by atoms with E-state index in [0.717, 1.165) is 24.3 Å².